The van der Waals surface area contributed by atoms with Crippen molar-refractivity contribution in [2.75, 3.05) is 7.11 Å². The molecule has 1 heterocycles. The summed E-state index contributed by atoms with van der Waals surface area (Å²) in [6, 6.07) is 0. The molecular formula is C33H52O6. The molecule has 6 nitrogen and oxygen atoms in total. The average Bonchev–Trinajstić information content (AvgIpc) is 3.34. The van der Waals surface area contributed by atoms with Crippen molar-refractivity contribution >= 4 is 11.8 Å². The Morgan fingerprint density at radius 3 is 2.33 bits per heavy atom. The van der Waals surface area contributed by atoms with Gasteiger partial charge >= 0.3 is 5.97 Å². The number of epoxide rings is 1. The lowest BCUT2D eigenvalue weighted by molar-refractivity contribution is -0.209. The Balaban J connectivity index is 1.52. The molecular weight excluding hydrogens is 492 g/mol. The van der Waals surface area contributed by atoms with Gasteiger partial charge in [0.2, 0.25) is 0 Å². The van der Waals surface area contributed by atoms with Crippen molar-refractivity contribution in [1.29, 1.82) is 0 Å². The molecule has 0 bridgehead atoms. The van der Waals surface area contributed by atoms with E-state index in [9.17, 15) is 14.7 Å². The minimum Gasteiger partial charge on any atom is -0.460 e. The molecule has 3 saturated carbocycles. The molecule has 220 valence electrons. The maximum Gasteiger partial charge on any atom is 0.302 e. The summed E-state index contributed by atoms with van der Waals surface area (Å²) in [5, 5.41) is 12.0. The van der Waals surface area contributed by atoms with Crippen LogP contribution in [0.2, 0.25) is 0 Å². The third kappa shape index (κ3) is 4.13. The van der Waals surface area contributed by atoms with Crippen LogP contribution < -0.4 is 0 Å². The molecule has 6 heteroatoms. The Kier molecular flexibility index (Phi) is 6.85. The van der Waals surface area contributed by atoms with Gasteiger partial charge in [-0.2, -0.15) is 0 Å². The molecule has 0 radical (unpaired) electrons. The van der Waals surface area contributed by atoms with E-state index in [0.717, 1.165) is 25.7 Å². The normalized spacial score (nSPS) is 45.6. The van der Waals surface area contributed by atoms with E-state index in [0.29, 0.717) is 25.0 Å². The zero-order valence-corrected chi connectivity index (χ0v) is 26.0. The highest BCUT2D eigenvalue weighted by atomic mass is 16.6. The fourth-order valence-corrected chi connectivity index (χ4v) is 10.7. The molecule has 1 aliphatic heterocycles. The van der Waals surface area contributed by atoms with Crippen LogP contribution in [0.25, 0.3) is 0 Å². The molecule has 39 heavy (non-hydrogen) atoms. The van der Waals surface area contributed by atoms with Crippen LogP contribution in [0.3, 0.4) is 0 Å². The van der Waals surface area contributed by atoms with Crippen molar-refractivity contribution < 1.29 is 28.9 Å². The van der Waals surface area contributed by atoms with Crippen molar-refractivity contribution in [2.45, 2.75) is 137 Å². The molecule has 0 aromatic carbocycles. The summed E-state index contributed by atoms with van der Waals surface area (Å²) < 4.78 is 17.9. The van der Waals surface area contributed by atoms with Crippen molar-refractivity contribution in [1.82, 2.24) is 0 Å². The Morgan fingerprint density at radius 2 is 1.77 bits per heavy atom. The van der Waals surface area contributed by atoms with Crippen LogP contribution in [0.1, 0.15) is 107 Å². The lowest BCUT2D eigenvalue weighted by atomic mass is 9.36. The fraction of sp³-hybridized carbons (Fsp3) is 0.879. The highest BCUT2D eigenvalue weighted by Gasteiger charge is 2.70. The standard InChI is InChI=1S/C33H52O6/c1-18(15-22(38-19(2)34)28-30(5,6)39-28)26-20-16-21(35)27-31(7)13-12-25(36)29(3,4)24(31)11-14-32(27,8)33(20,9)17-23(26)37-10/h18,21-24,27-28,35H,11-17H2,1-10H3/t18-,21+,22+,23+,24+,27+,28-,31+,32+,33+/m1/s1. The van der Waals surface area contributed by atoms with Crippen molar-refractivity contribution in [3.05, 3.63) is 11.1 Å². The van der Waals surface area contributed by atoms with Gasteiger partial charge in [-0.1, -0.05) is 47.1 Å². The third-order valence-corrected chi connectivity index (χ3v) is 12.8. The summed E-state index contributed by atoms with van der Waals surface area (Å²) in [5.74, 6) is 0.649. The van der Waals surface area contributed by atoms with Crippen molar-refractivity contribution in [3.8, 4) is 0 Å². The van der Waals surface area contributed by atoms with Gasteiger partial charge < -0.3 is 19.3 Å². The zero-order chi connectivity index (χ0) is 28.9. The molecule has 1 N–H and O–H groups in total. The fourth-order valence-electron chi connectivity index (χ4n) is 10.7. The molecule has 10 atom stereocenters. The van der Waals surface area contributed by atoms with E-state index in [1.807, 2.05) is 13.8 Å². The molecule has 1 saturated heterocycles. The van der Waals surface area contributed by atoms with E-state index in [1.54, 1.807) is 7.11 Å². The van der Waals surface area contributed by atoms with Gasteiger partial charge in [0, 0.05) is 25.9 Å². The number of fused-ring (bicyclic) bond motifs is 5. The molecule has 0 unspecified atom stereocenters. The number of ketones is 1. The van der Waals surface area contributed by atoms with E-state index in [4.69, 9.17) is 14.2 Å². The number of methoxy groups -OCH3 is 1. The summed E-state index contributed by atoms with van der Waals surface area (Å²) in [6.45, 7) is 19.3. The quantitative estimate of drug-likeness (QED) is 0.249. The van der Waals surface area contributed by atoms with Gasteiger partial charge in [-0.15, -0.1) is 0 Å². The molecule has 0 spiro atoms. The van der Waals surface area contributed by atoms with Crippen molar-refractivity contribution in [2.24, 2.45) is 39.4 Å². The predicted octanol–water partition coefficient (Wildman–Crippen LogP) is 6.04. The first kappa shape index (κ1) is 29.3. The van der Waals surface area contributed by atoms with Gasteiger partial charge in [0.1, 0.15) is 18.0 Å². The second kappa shape index (κ2) is 9.13. The second-order valence-corrected chi connectivity index (χ2v) is 15.5. The number of aliphatic hydroxyl groups is 1. The molecule has 4 fully saturated rings. The SMILES string of the molecule is CO[C@H]1C[C@@]2(C)C(=C1[C@H](C)C[C@H](OC(C)=O)[C@H]1OC1(C)C)C[C@H](O)[C@H]1[C@@]3(C)CCC(=O)C(C)(C)[C@@H]3CC[C@@]12C. The summed E-state index contributed by atoms with van der Waals surface area (Å²) in [6.07, 6.45) is 4.84. The first-order valence-corrected chi connectivity index (χ1v) is 15.3. The smallest absolute Gasteiger partial charge is 0.302 e. The van der Waals surface area contributed by atoms with Gasteiger partial charge in [0.05, 0.1) is 17.8 Å². The number of hydrogen-bond donors (Lipinski definition) is 1. The lowest BCUT2D eigenvalue weighted by Crippen LogP contribution is -2.65. The highest BCUT2D eigenvalue weighted by molar-refractivity contribution is 5.85. The van der Waals surface area contributed by atoms with E-state index < -0.39 is 6.10 Å². The Labute approximate surface area is 235 Å². The molecule has 0 aromatic heterocycles. The van der Waals surface area contributed by atoms with Crippen LogP contribution in [-0.4, -0.2) is 54.0 Å². The van der Waals surface area contributed by atoms with E-state index in [1.165, 1.54) is 18.1 Å². The summed E-state index contributed by atoms with van der Waals surface area (Å²) >= 11 is 0. The molecule has 4 aliphatic carbocycles. The van der Waals surface area contributed by atoms with Gasteiger partial charge in [-0.05, 0) is 91.9 Å². The van der Waals surface area contributed by atoms with Gasteiger partial charge in [0.25, 0.3) is 0 Å². The van der Waals surface area contributed by atoms with E-state index in [-0.39, 0.29) is 69.3 Å². The monoisotopic (exact) mass is 544 g/mol. The maximum absolute atomic E-state index is 13.0. The average molecular weight is 545 g/mol. The number of hydrogen-bond acceptors (Lipinski definition) is 6. The van der Waals surface area contributed by atoms with Gasteiger partial charge in [-0.3, -0.25) is 9.59 Å². The van der Waals surface area contributed by atoms with Crippen LogP contribution in [0.5, 0.6) is 0 Å². The third-order valence-electron chi connectivity index (χ3n) is 12.8. The van der Waals surface area contributed by atoms with E-state index in [2.05, 4.69) is 41.5 Å². The first-order chi connectivity index (χ1) is 17.9. The number of carbonyl (C=O) groups excluding carboxylic acids is 2. The number of carbonyl (C=O) groups is 2. The number of Topliss-reactive ketones (excluding diaryl/α,β-unsaturated/α-hetero) is 1. The Morgan fingerprint density at radius 1 is 1.13 bits per heavy atom. The van der Waals surface area contributed by atoms with Crippen LogP contribution in [-0.2, 0) is 23.8 Å². The summed E-state index contributed by atoms with van der Waals surface area (Å²) in [4.78, 5) is 25.0. The van der Waals surface area contributed by atoms with Gasteiger partial charge in [0.15, 0.2) is 0 Å². The van der Waals surface area contributed by atoms with Crippen LogP contribution in [0.15, 0.2) is 11.1 Å². The van der Waals surface area contributed by atoms with Crippen LogP contribution in [0.4, 0.5) is 0 Å². The summed E-state index contributed by atoms with van der Waals surface area (Å²) in [5.41, 5.74) is 1.74. The van der Waals surface area contributed by atoms with Gasteiger partial charge in [-0.25, -0.2) is 0 Å². The topological polar surface area (TPSA) is 85.4 Å². The zero-order valence-electron chi connectivity index (χ0n) is 26.0. The summed E-state index contributed by atoms with van der Waals surface area (Å²) in [7, 11) is 1.80. The maximum atomic E-state index is 13.0. The van der Waals surface area contributed by atoms with Crippen LogP contribution in [0, 0.1) is 39.4 Å². The molecule has 0 aromatic rings. The molecule has 5 aliphatic rings. The molecule has 5 rings (SSSR count). The minimum atomic E-state index is -0.456. The number of ether oxygens (including phenoxy) is 3. The number of aliphatic hydroxyl groups excluding tert-OH is 1. The van der Waals surface area contributed by atoms with E-state index >= 15 is 0 Å². The lowest BCUT2D eigenvalue weighted by Gasteiger charge is -2.68. The number of esters is 1. The minimum absolute atomic E-state index is 0.0243. The van der Waals surface area contributed by atoms with Crippen LogP contribution >= 0.6 is 0 Å². The predicted molar refractivity (Wildman–Crippen MR) is 150 cm³/mol. The number of rotatable bonds is 6. The Hall–Kier alpha value is -1.24. The Bertz CT molecular complexity index is 1070. The highest BCUT2D eigenvalue weighted by Crippen LogP contribution is 2.74. The van der Waals surface area contributed by atoms with Crippen molar-refractivity contribution in [3.63, 3.8) is 0 Å². The first-order valence-electron chi connectivity index (χ1n) is 15.3. The largest absolute Gasteiger partial charge is 0.460 e. The second-order valence-electron chi connectivity index (χ2n) is 15.5. The molecule has 0 amide bonds.